The van der Waals surface area contributed by atoms with Crippen molar-refractivity contribution in [1.82, 2.24) is 15.0 Å². The van der Waals surface area contributed by atoms with Crippen molar-refractivity contribution in [2.45, 2.75) is 33.1 Å². The molecule has 1 atom stereocenters. The Morgan fingerprint density at radius 1 is 1.03 bits per heavy atom. The second-order valence-electron chi connectivity index (χ2n) is 9.56. The van der Waals surface area contributed by atoms with Gasteiger partial charge in [0.25, 0.3) is 0 Å². The summed E-state index contributed by atoms with van der Waals surface area (Å²) in [4.78, 5) is 24.9. The highest BCUT2D eigenvalue weighted by atomic mass is 16.5. The lowest BCUT2D eigenvalue weighted by molar-refractivity contribution is -0.123. The number of piperazine rings is 1. The molecule has 7 heteroatoms. The smallest absolute Gasteiger partial charge is 0.230 e. The number of piperidine rings is 1. The van der Waals surface area contributed by atoms with Crippen LogP contribution in [0.2, 0.25) is 0 Å². The number of likely N-dealkylation sites (N-methyl/N-ethyl adjacent to an activating group) is 1. The molecule has 2 aliphatic rings. The van der Waals surface area contributed by atoms with Gasteiger partial charge in [-0.3, -0.25) is 4.79 Å². The van der Waals surface area contributed by atoms with Crippen molar-refractivity contribution in [2.24, 2.45) is 5.92 Å². The van der Waals surface area contributed by atoms with Gasteiger partial charge >= 0.3 is 0 Å². The maximum atomic E-state index is 13.5. The van der Waals surface area contributed by atoms with Crippen LogP contribution in [-0.2, 0) is 11.2 Å². The van der Waals surface area contributed by atoms with Crippen LogP contribution < -0.4 is 9.80 Å². The molecule has 2 saturated heterocycles. The Morgan fingerprint density at radius 2 is 1.79 bits per heavy atom. The third-order valence-corrected chi connectivity index (χ3v) is 7.19. The molecular formula is C27H33N5O2. The van der Waals surface area contributed by atoms with Gasteiger partial charge in [-0.15, -0.1) is 0 Å². The van der Waals surface area contributed by atoms with Gasteiger partial charge < -0.3 is 19.2 Å². The Bertz CT molecular complexity index is 1130. The first-order chi connectivity index (χ1) is 16.5. The molecule has 1 unspecified atom stereocenters. The van der Waals surface area contributed by atoms with Crippen molar-refractivity contribution in [3.63, 3.8) is 0 Å². The minimum Gasteiger partial charge on any atom is -0.361 e. The maximum Gasteiger partial charge on any atom is 0.230 e. The summed E-state index contributed by atoms with van der Waals surface area (Å²) in [5.74, 6) is 2.05. The summed E-state index contributed by atoms with van der Waals surface area (Å²) in [6, 6.07) is 12.3. The van der Waals surface area contributed by atoms with E-state index in [2.05, 4.69) is 40.2 Å². The zero-order chi connectivity index (χ0) is 23.7. The number of aromatic nitrogens is 2. The number of amides is 1. The van der Waals surface area contributed by atoms with Crippen LogP contribution in [0.4, 0.5) is 11.5 Å². The van der Waals surface area contributed by atoms with Crippen molar-refractivity contribution in [3.8, 4) is 11.1 Å². The average Bonchev–Trinajstić information content (AvgIpc) is 3.19. The summed E-state index contributed by atoms with van der Waals surface area (Å²) in [7, 11) is 2.16. The molecule has 1 amide bonds. The number of aryl methyl sites for hydroxylation is 2. The van der Waals surface area contributed by atoms with Crippen LogP contribution >= 0.6 is 0 Å². The normalized spacial score (nSPS) is 19.6. The van der Waals surface area contributed by atoms with Crippen LogP contribution in [0.3, 0.4) is 0 Å². The molecule has 1 aromatic carbocycles. The zero-order valence-corrected chi connectivity index (χ0v) is 20.3. The highest BCUT2D eigenvalue weighted by Crippen LogP contribution is 2.32. The van der Waals surface area contributed by atoms with E-state index in [1.54, 1.807) is 0 Å². The number of benzene rings is 1. The molecule has 0 radical (unpaired) electrons. The van der Waals surface area contributed by atoms with Gasteiger partial charge in [-0.25, -0.2) is 4.98 Å². The standard InChI is InChI=1S/C27H33N5O2/c1-19-25(20(2)34-29-19)21-8-10-24(11-9-21)32-13-5-7-23(27(32)33)18-22-6-4-12-28-26(22)31-16-14-30(3)15-17-31/h4,6,8-12,23H,5,7,13-18H2,1-3H3. The lowest BCUT2D eigenvalue weighted by atomic mass is 9.90. The second kappa shape index (κ2) is 9.58. The Labute approximate surface area is 201 Å². The van der Waals surface area contributed by atoms with Crippen LogP contribution in [0.1, 0.15) is 29.9 Å². The molecule has 7 nitrogen and oxygen atoms in total. The van der Waals surface area contributed by atoms with E-state index in [1.165, 1.54) is 5.56 Å². The molecule has 0 aliphatic carbocycles. The van der Waals surface area contributed by atoms with E-state index in [9.17, 15) is 4.79 Å². The molecule has 0 N–H and O–H groups in total. The summed E-state index contributed by atoms with van der Waals surface area (Å²) >= 11 is 0. The first kappa shape index (κ1) is 22.6. The van der Waals surface area contributed by atoms with Gasteiger partial charge in [-0.2, -0.15) is 0 Å². The zero-order valence-electron chi connectivity index (χ0n) is 20.3. The number of carbonyl (C=O) groups is 1. The van der Waals surface area contributed by atoms with Gasteiger partial charge in [0, 0.05) is 56.1 Å². The van der Waals surface area contributed by atoms with Crippen LogP contribution in [0.5, 0.6) is 0 Å². The Kier molecular flexibility index (Phi) is 6.37. The number of hydrogen-bond donors (Lipinski definition) is 0. The second-order valence-corrected chi connectivity index (χ2v) is 9.56. The molecule has 2 aromatic heterocycles. The van der Waals surface area contributed by atoms with Crippen LogP contribution in [0.25, 0.3) is 11.1 Å². The van der Waals surface area contributed by atoms with Gasteiger partial charge in [-0.05, 0) is 69.5 Å². The fourth-order valence-electron chi connectivity index (χ4n) is 5.26. The van der Waals surface area contributed by atoms with Crippen molar-refractivity contribution in [1.29, 1.82) is 0 Å². The van der Waals surface area contributed by atoms with Crippen molar-refractivity contribution >= 4 is 17.4 Å². The highest BCUT2D eigenvalue weighted by molar-refractivity contribution is 5.96. The van der Waals surface area contributed by atoms with E-state index in [-0.39, 0.29) is 11.8 Å². The van der Waals surface area contributed by atoms with Crippen LogP contribution in [-0.4, -0.2) is 60.7 Å². The molecule has 0 bridgehead atoms. The maximum absolute atomic E-state index is 13.5. The summed E-state index contributed by atoms with van der Waals surface area (Å²) in [5.41, 5.74) is 5.11. The summed E-state index contributed by atoms with van der Waals surface area (Å²) < 4.78 is 5.32. The number of hydrogen-bond acceptors (Lipinski definition) is 6. The van der Waals surface area contributed by atoms with E-state index >= 15 is 0 Å². The van der Waals surface area contributed by atoms with Gasteiger partial charge in [0.15, 0.2) is 0 Å². The SMILES string of the molecule is Cc1noc(C)c1-c1ccc(N2CCCC(Cc3cccnc3N3CCN(C)CC3)C2=O)cc1. The predicted octanol–water partition coefficient (Wildman–Crippen LogP) is 4.09. The Hall–Kier alpha value is -3.19. The lowest BCUT2D eigenvalue weighted by Gasteiger charge is -2.35. The van der Waals surface area contributed by atoms with E-state index < -0.39 is 0 Å². The summed E-state index contributed by atoms with van der Waals surface area (Å²) in [6.07, 6.45) is 4.53. The number of rotatable bonds is 5. The average molecular weight is 460 g/mol. The molecule has 0 saturated carbocycles. The first-order valence-electron chi connectivity index (χ1n) is 12.2. The number of nitrogens with zero attached hydrogens (tertiary/aromatic N) is 5. The molecule has 34 heavy (non-hydrogen) atoms. The highest BCUT2D eigenvalue weighted by Gasteiger charge is 2.31. The Morgan fingerprint density at radius 3 is 2.50 bits per heavy atom. The number of anilines is 2. The predicted molar refractivity (Wildman–Crippen MR) is 134 cm³/mol. The molecule has 4 heterocycles. The fourth-order valence-corrected chi connectivity index (χ4v) is 5.26. The summed E-state index contributed by atoms with van der Waals surface area (Å²) in [5, 5.41) is 4.06. The van der Waals surface area contributed by atoms with E-state index in [0.29, 0.717) is 0 Å². The van der Waals surface area contributed by atoms with Crippen molar-refractivity contribution in [3.05, 3.63) is 59.6 Å². The van der Waals surface area contributed by atoms with Crippen LogP contribution in [0.15, 0.2) is 47.1 Å². The molecular weight excluding hydrogens is 426 g/mol. The molecule has 2 fully saturated rings. The van der Waals surface area contributed by atoms with Gasteiger partial charge in [-0.1, -0.05) is 23.4 Å². The molecule has 2 aliphatic heterocycles. The third kappa shape index (κ3) is 4.44. The molecule has 0 spiro atoms. The topological polar surface area (TPSA) is 65.7 Å². The monoisotopic (exact) mass is 459 g/mol. The third-order valence-electron chi connectivity index (χ3n) is 7.19. The van der Waals surface area contributed by atoms with E-state index in [0.717, 1.165) is 86.1 Å². The van der Waals surface area contributed by atoms with E-state index in [1.807, 2.05) is 43.1 Å². The molecule has 178 valence electrons. The Balaban J connectivity index is 1.32. The summed E-state index contributed by atoms with van der Waals surface area (Å²) in [6.45, 7) is 8.67. The van der Waals surface area contributed by atoms with Crippen molar-refractivity contribution < 1.29 is 9.32 Å². The van der Waals surface area contributed by atoms with Gasteiger partial charge in [0.1, 0.15) is 11.6 Å². The minimum atomic E-state index is -0.0218. The van der Waals surface area contributed by atoms with Gasteiger partial charge in [0.05, 0.1) is 5.69 Å². The van der Waals surface area contributed by atoms with Gasteiger partial charge in [0.2, 0.25) is 5.91 Å². The molecule has 3 aromatic rings. The van der Waals surface area contributed by atoms with E-state index in [4.69, 9.17) is 9.51 Å². The fraction of sp³-hybridized carbons (Fsp3) is 0.444. The first-order valence-corrected chi connectivity index (χ1v) is 12.2. The largest absolute Gasteiger partial charge is 0.361 e. The molecule has 5 rings (SSSR count). The quantitative estimate of drug-likeness (QED) is 0.573. The van der Waals surface area contributed by atoms with Crippen LogP contribution in [0, 0.1) is 19.8 Å². The number of carbonyl (C=O) groups excluding carboxylic acids is 1. The number of pyridine rings is 1. The lowest BCUT2D eigenvalue weighted by Crippen LogP contribution is -2.45. The minimum absolute atomic E-state index is 0.0218. The van der Waals surface area contributed by atoms with Crippen molar-refractivity contribution in [2.75, 3.05) is 49.6 Å².